The molecule has 4 nitrogen and oxygen atoms in total. The number of nitrogens with one attached hydrogen (secondary N) is 1. The van der Waals surface area contributed by atoms with E-state index in [1.54, 1.807) is 0 Å². The fraction of sp³-hybridized carbons (Fsp3) is 0.529. The van der Waals surface area contributed by atoms with Gasteiger partial charge in [0.2, 0.25) is 5.78 Å². The van der Waals surface area contributed by atoms with Gasteiger partial charge in [0.1, 0.15) is 5.52 Å². The molecule has 2 rings (SSSR count). The second-order valence-corrected chi connectivity index (χ2v) is 6.50. The number of fused-ring (bicyclic) bond motifs is 1. The van der Waals surface area contributed by atoms with Crippen LogP contribution in [0.15, 0.2) is 28.7 Å². The summed E-state index contributed by atoms with van der Waals surface area (Å²) in [5.41, 5.74) is 1.08. The van der Waals surface area contributed by atoms with Crippen LogP contribution >= 0.6 is 0 Å². The number of ketones is 1. The largest absolute Gasteiger partial charge is 0.434 e. The summed E-state index contributed by atoms with van der Waals surface area (Å²) in [7, 11) is 1.88. The van der Waals surface area contributed by atoms with Crippen molar-refractivity contribution in [2.75, 3.05) is 7.05 Å². The number of nitrogens with zero attached hydrogens (tertiary/aromatic N) is 1. The Labute approximate surface area is 125 Å². The summed E-state index contributed by atoms with van der Waals surface area (Å²) in [4.78, 5) is 17.2. The lowest BCUT2D eigenvalue weighted by molar-refractivity contribution is 0.0784. The standard InChI is InChI=1S/C17H24N2O2/c1-11(2)10-12(17(3,4)18-5)15(20)16-19-13-8-6-7-9-14(13)21-16/h6-9,11-12,18H,10H2,1-5H3. The lowest BCUT2D eigenvalue weighted by atomic mass is 9.78. The molecule has 0 saturated carbocycles. The van der Waals surface area contributed by atoms with E-state index in [0.717, 1.165) is 11.9 Å². The van der Waals surface area contributed by atoms with Crippen LogP contribution < -0.4 is 5.32 Å². The van der Waals surface area contributed by atoms with E-state index in [0.29, 0.717) is 11.5 Å². The molecule has 114 valence electrons. The summed E-state index contributed by atoms with van der Waals surface area (Å²) < 4.78 is 5.64. The van der Waals surface area contributed by atoms with Gasteiger partial charge in [-0.05, 0) is 45.4 Å². The fourth-order valence-electron chi connectivity index (χ4n) is 2.50. The molecule has 0 aliphatic rings. The molecule has 1 heterocycles. The molecule has 0 saturated heterocycles. The summed E-state index contributed by atoms with van der Waals surface area (Å²) in [6, 6.07) is 7.46. The molecule has 1 aromatic carbocycles. The number of rotatable bonds is 6. The quantitative estimate of drug-likeness (QED) is 0.824. The van der Waals surface area contributed by atoms with Gasteiger partial charge in [-0.2, -0.15) is 0 Å². The monoisotopic (exact) mass is 288 g/mol. The third kappa shape index (κ3) is 3.32. The number of Topliss-reactive ketones (excluding diaryl/α,β-unsaturated/α-hetero) is 1. The number of benzene rings is 1. The third-order valence-electron chi connectivity index (χ3n) is 4.04. The molecule has 0 radical (unpaired) electrons. The van der Waals surface area contributed by atoms with Crippen LogP contribution in [0.1, 0.15) is 44.8 Å². The molecule has 1 aromatic heterocycles. The Hall–Kier alpha value is -1.68. The first kappa shape index (κ1) is 15.7. The van der Waals surface area contributed by atoms with E-state index in [4.69, 9.17) is 4.42 Å². The van der Waals surface area contributed by atoms with Crippen molar-refractivity contribution in [2.45, 2.75) is 39.7 Å². The highest BCUT2D eigenvalue weighted by atomic mass is 16.4. The molecule has 0 fully saturated rings. The molecule has 0 amide bonds. The Morgan fingerprint density at radius 1 is 1.33 bits per heavy atom. The fourth-order valence-corrected chi connectivity index (χ4v) is 2.50. The molecular formula is C17H24N2O2. The van der Waals surface area contributed by atoms with Crippen molar-refractivity contribution in [1.82, 2.24) is 10.3 Å². The minimum atomic E-state index is -0.304. The molecule has 21 heavy (non-hydrogen) atoms. The van der Waals surface area contributed by atoms with Crippen LogP contribution in [-0.2, 0) is 0 Å². The molecule has 1 unspecified atom stereocenters. The van der Waals surface area contributed by atoms with E-state index >= 15 is 0 Å². The van der Waals surface area contributed by atoms with E-state index in [2.05, 4.69) is 24.1 Å². The van der Waals surface area contributed by atoms with Gasteiger partial charge in [-0.15, -0.1) is 0 Å². The first-order chi connectivity index (χ1) is 9.85. The number of hydrogen-bond donors (Lipinski definition) is 1. The van der Waals surface area contributed by atoms with Crippen LogP contribution in [0.5, 0.6) is 0 Å². The number of carbonyl (C=O) groups is 1. The van der Waals surface area contributed by atoms with E-state index in [-0.39, 0.29) is 23.1 Å². The van der Waals surface area contributed by atoms with Gasteiger partial charge in [-0.1, -0.05) is 26.0 Å². The average Bonchev–Trinajstić information content (AvgIpc) is 2.87. The van der Waals surface area contributed by atoms with Crippen molar-refractivity contribution in [3.8, 4) is 0 Å². The predicted molar refractivity (Wildman–Crippen MR) is 84.4 cm³/mol. The minimum Gasteiger partial charge on any atom is -0.434 e. The normalized spacial score (nSPS) is 13.8. The minimum absolute atomic E-state index is 0.0285. The molecule has 1 atom stereocenters. The number of hydrogen-bond acceptors (Lipinski definition) is 4. The number of carbonyl (C=O) groups excluding carboxylic acids is 1. The highest BCUT2D eigenvalue weighted by Gasteiger charge is 2.37. The van der Waals surface area contributed by atoms with E-state index in [1.807, 2.05) is 45.2 Å². The van der Waals surface area contributed by atoms with Crippen LogP contribution in [0.2, 0.25) is 0 Å². The van der Waals surface area contributed by atoms with E-state index in [9.17, 15) is 4.79 Å². The molecule has 1 N–H and O–H groups in total. The predicted octanol–water partition coefficient (Wildman–Crippen LogP) is 3.67. The molecule has 0 bridgehead atoms. The van der Waals surface area contributed by atoms with Crippen molar-refractivity contribution in [2.24, 2.45) is 11.8 Å². The smallest absolute Gasteiger partial charge is 0.264 e. The molecule has 2 aromatic rings. The maximum Gasteiger partial charge on any atom is 0.264 e. The van der Waals surface area contributed by atoms with Gasteiger partial charge in [0.15, 0.2) is 5.58 Å². The second-order valence-electron chi connectivity index (χ2n) is 6.50. The maximum atomic E-state index is 12.9. The van der Waals surface area contributed by atoms with Crippen molar-refractivity contribution in [3.63, 3.8) is 0 Å². The zero-order valence-electron chi connectivity index (χ0n) is 13.4. The summed E-state index contributed by atoms with van der Waals surface area (Å²) >= 11 is 0. The number of para-hydroxylation sites is 2. The van der Waals surface area contributed by atoms with Crippen LogP contribution in [0.25, 0.3) is 11.1 Å². The summed E-state index contributed by atoms with van der Waals surface area (Å²) in [6.45, 7) is 8.33. The second kappa shape index (κ2) is 5.98. The molecular weight excluding hydrogens is 264 g/mol. The first-order valence-corrected chi connectivity index (χ1v) is 7.44. The van der Waals surface area contributed by atoms with Crippen LogP contribution in [0.3, 0.4) is 0 Å². The van der Waals surface area contributed by atoms with Crippen molar-refractivity contribution < 1.29 is 9.21 Å². The van der Waals surface area contributed by atoms with Gasteiger partial charge < -0.3 is 9.73 Å². The van der Waals surface area contributed by atoms with Gasteiger partial charge in [0.25, 0.3) is 5.89 Å². The third-order valence-corrected chi connectivity index (χ3v) is 4.04. The number of oxazole rings is 1. The molecule has 0 spiro atoms. The number of aromatic nitrogens is 1. The lowest BCUT2D eigenvalue weighted by Gasteiger charge is -2.33. The van der Waals surface area contributed by atoms with Gasteiger partial charge in [0, 0.05) is 11.5 Å². The van der Waals surface area contributed by atoms with Gasteiger partial charge in [-0.3, -0.25) is 4.79 Å². The maximum absolute atomic E-state index is 12.9. The zero-order valence-corrected chi connectivity index (χ0v) is 13.4. The van der Waals surface area contributed by atoms with Crippen LogP contribution in [0.4, 0.5) is 0 Å². The summed E-state index contributed by atoms with van der Waals surface area (Å²) in [6.07, 6.45) is 0.797. The van der Waals surface area contributed by atoms with Crippen LogP contribution in [0, 0.1) is 11.8 Å². The summed E-state index contributed by atoms with van der Waals surface area (Å²) in [5, 5.41) is 3.24. The van der Waals surface area contributed by atoms with E-state index < -0.39 is 0 Å². The first-order valence-electron chi connectivity index (χ1n) is 7.44. The molecule has 4 heteroatoms. The Balaban J connectivity index is 2.37. The van der Waals surface area contributed by atoms with Gasteiger partial charge in [0.05, 0.1) is 0 Å². The van der Waals surface area contributed by atoms with Crippen molar-refractivity contribution >= 4 is 16.9 Å². The van der Waals surface area contributed by atoms with Gasteiger partial charge >= 0.3 is 0 Å². The lowest BCUT2D eigenvalue weighted by Crippen LogP contribution is -2.48. The van der Waals surface area contributed by atoms with Gasteiger partial charge in [-0.25, -0.2) is 4.98 Å². The highest BCUT2D eigenvalue weighted by molar-refractivity contribution is 5.96. The Bertz CT molecular complexity index is 596. The summed E-state index contributed by atoms with van der Waals surface area (Å²) in [5.74, 6) is 0.441. The van der Waals surface area contributed by atoms with Crippen molar-refractivity contribution in [1.29, 1.82) is 0 Å². The highest BCUT2D eigenvalue weighted by Crippen LogP contribution is 2.28. The SMILES string of the molecule is CNC(C)(C)C(CC(C)C)C(=O)c1nc2ccccc2o1. The van der Waals surface area contributed by atoms with E-state index in [1.165, 1.54) is 0 Å². The average molecular weight is 288 g/mol. The topological polar surface area (TPSA) is 55.1 Å². The van der Waals surface area contributed by atoms with Crippen LogP contribution in [-0.4, -0.2) is 23.4 Å². The Morgan fingerprint density at radius 2 is 2.00 bits per heavy atom. The molecule has 0 aliphatic heterocycles. The van der Waals surface area contributed by atoms with Crippen molar-refractivity contribution in [3.05, 3.63) is 30.2 Å². The molecule has 0 aliphatic carbocycles. The Morgan fingerprint density at radius 3 is 2.57 bits per heavy atom. The zero-order chi connectivity index (χ0) is 15.6. The Kier molecular flexibility index (Phi) is 4.47.